The largest absolute Gasteiger partial charge is 0.271 e. The Bertz CT molecular complexity index is 540. The van der Waals surface area contributed by atoms with Crippen molar-refractivity contribution in [2.45, 2.75) is 25.8 Å². The summed E-state index contributed by atoms with van der Waals surface area (Å²) in [5.41, 5.74) is 6.88. The molecule has 2 aromatic carbocycles. The summed E-state index contributed by atoms with van der Waals surface area (Å²) >= 11 is 3.50. The summed E-state index contributed by atoms with van der Waals surface area (Å²) in [5, 5.41) is 0. The van der Waals surface area contributed by atoms with Crippen molar-refractivity contribution >= 4 is 15.9 Å². The molecule has 0 spiro atoms. The quantitative estimate of drug-likeness (QED) is 0.655. The number of nitrogens with one attached hydrogen (secondary N) is 1. The molecule has 0 fully saturated rings. The van der Waals surface area contributed by atoms with Crippen LogP contribution < -0.4 is 11.3 Å². The number of hydrogen-bond acceptors (Lipinski definition) is 2. The Hall–Kier alpha value is -1.16. The lowest BCUT2D eigenvalue weighted by Crippen LogP contribution is -2.38. The molecule has 0 radical (unpaired) electrons. The lowest BCUT2D eigenvalue weighted by atomic mass is 9.97. The molecular weight excluding hydrogens is 300 g/mol. The van der Waals surface area contributed by atoms with E-state index in [9.17, 15) is 0 Å². The molecule has 2 nitrogen and oxygen atoms in total. The maximum absolute atomic E-state index is 5.69. The van der Waals surface area contributed by atoms with Crippen molar-refractivity contribution in [1.29, 1.82) is 0 Å². The molecule has 0 aliphatic heterocycles. The van der Waals surface area contributed by atoms with Gasteiger partial charge in [-0.1, -0.05) is 52.3 Å². The standard InChI is InChI=1S/C16H19BrN2/c1-12-5-2-3-7-14(12)11-16(19-18)10-13-6-4-8-15(17)9-13/h2-9,16,19H,10-11,18H2,1H3. The fourth-order valence-corrected chi connectivity index (χ4v) is 2.69. The van der Waals surface area contributed by atoms with Crippen LogP contribution in [-0.4, -0.2) is 6.04 Å². The average Bonchev–Trinajstić information content (AvgIpc) is 2.40. The second-order valence-corrected chi connectivity index (χ2v) is 5.74. The predicted molar refractivity (Wildman–Crippen MR) is 83.8 cm³/mol. The van der Waals surface area contributed by atoms with E-state index in [4.69, 9.17) is 5.84 Å². The Morgan fingerprint density at radius 1 is 1.11 bits per heavy atom. The third kappa shape index (κ3) is 4.16. The van der Waals surface area contributed by atoms with Crippen molar-refractivity contribution in [3.8, 4) is 0 Å². The molecule has 3 N–H and O–H groups in total. The third-order valence-corrected chi connectivity index (χ3v) is 3.83. The molecule has 3 heteroatoms. The van der Waals surface area contributed by atoms with Crippen molar-refractivity contribution in [2.24, 2.45) is 5.84 Å². The van der Waals surface area contributed by atoms with E-state index in [0.29, 0.717) is 0 Å². The number of halogens is 1. The van der Waals surface area contributed by atoms with Crippen LogP contribution in [-0.2, 0) is 12.8 Å². The van der Waals surface area contributed by atoms with Gasteiger partial charge in [0.2, 0.25) is 0 Å². The maximum Gasteiger partial charge on any atom is 0.0291 e. The van der Waals surface area contributed by atoms with E-state index in [1.165, 1.54) is 16.7 Å². The van der Waals surface area contributed by atoms with E-state index >= 15 is 0 Å². The molecule has 0 aliphatic rings. The summed E-state index contributed by atoms with van der Waals surface area (Å²) in [6.07, 6.45) is 1.86. The molecule has 0 aromatic heterocycles. The average molecular weight is 319 g/mol. The van der Waals surface area contributed by atoms with E-state index in [-0.39, 0.29) is 6.04 Å². The number of benzene rings is 2. The Morgan fingerprint density at radius 2 is 1.89 bits per heavy atom. The van der Waals surface area contributed by atoms with Crippen LogP contribution in [0, 0.1) is 6.92 Å². The first-order chi connectivity index (χ1) is 9.19. The first-order valence-corrected chi connectivity index (χ1v) is 7.23. The SMILES string of the molecule is Cc1ccccc1CC(Cc1cccc(Br)c1)NN. The number of rotatable bonds is 5. The second-order valence-electron chi connectivity index (χ2n) is 4.83. The molecule has 0 amide bonds. The Labute approximate surface area is 123 Å². The highest BCUT2D eigenvalue weighted by Gasteiger charge is 2.10. The summed E-state index contributed by atoms with van der Waals surface area (Å²) in [5.74, 6) is 5.69. The minimum atomic E-state index is 0.246. The van der Waals surface area contributed by atoms with Crippen LogP contribution in [0.1, 0.15) is 16.7 Å². The smallest absolute Gasteiger partial charge is 0.0291 e. The van der Waals surface area contributed by atoms with Crippen molar-refractivity contribution in [3.05, 3.63) is 69.7 Å². The van der Waals surface area contributed by atoms with Gasteiger partial charge < -0.3 is 0 Å². The zero-order valence-corrected chi connectivity index (χ0v) is 12.7. The first kappa shape index (κ1) is 14.3. The van der Waals surface area contributed by atoms with Gasteiger partial charge in [-0.25, -0.2) is 0 Å². The predicted octanol–water partition coefficient (Wildman–Crippen LogP) is 3.37. The molecule has 2 aromatic rings. The minimum Gasteiger partial charge on any atom is -0.271 e. The summed E-state index contributed by atoms with van der Waals surface area (Å²) in [4.78, 5) is 0. The van der Waals surface area contributed by atoms with Crippen molar-refractivity contribution in [3.63, 3.8) is 0 Å². The Morgan fingerprint density at radius 3 is 2.58 bits per heavy atom. The highest BCUT2D eigenvalue weighted by molar-refractivity contribution is 9.10. The molecule has 19 heavy (non-hydrogen) atoms. The van der Waals surface area contributed by atoms with Gasteiger partial charge in [-0.3, -0.25) is 11.3 Å². The van der Waals surface area contributed by atoms with Crippen LogP contribution in [0.15, 0.2) is 53.0 Å². The van der Waals surface area contributed by atoms with Crippen molar-refractivity contribution in [2.75, 3.05) is 0 Å². The fourth-order valence-electron chi connectivity index (χ4n) is 2.24. The first-order valence-electron chi connectivity index (χ1n) is 6.44. The van der Waals surface area contributed by atoms with Crippen LogP contribution in [0.25, 0.3) is 0 Å². The van der Waals surface area contributed by atoms with E-state index in [2.05, 4.69) is 70.7 Å². The van der Waals surface area contributed by atoms with Gasteiger partial charge >= 0.3 is 0 Å². The fraction of sp³-hybridized carbons (Fsp3) is 0.250. The molecule has 0 aliphatic carbocycles. The van der Waals surface area contributed by atoms with Crippen LogP contribution in [0.4, 0.5) is 0 Å². The van der Waals surface area contributed by atoms with Crippen molar-refractivity contribution < 1.29 is 0 Å². The zero-order chi connectivity index (χ0) is 13.7. The topological polar surface area (TPSA) is 38.0 Å². The zero-order valence-electron chi connectivity index (χ0n) is 11.1. The van der Waals surface area contributed by atoms with Gasteiger partial charge in [-0.2, -0.15) is 0 Å². The molecular formula is C16H19BrN2. The van der Waals surface area contributed by atoms with Crippen LogP contribution in [0.5, 0.6) is 0 Å². The molecule has 0 heterocycles. The van der Waals surface area contributed by atoms with Crippen molar-refractivity contribution in [1.82, 2.24) is 5.43 Å². The number of aryl methyl sites for hydroxylation is 1. The third-order valence-electron chi connectivity index (χ3n) is 3.33. The number of nitrogens with two attached hydrogens (primary N) is 1. The lowest BCUT2D eigenvalue weighted by molar-refractivity contribution is 0.521. The minimum absolute atomic E-state index is 0.246. The summed E-state index contributed by atoms with van der Waals surface area (Å²) in [6.45, 7) is 2.14. The Kier molecular flexibility index (Phi) is 5.14. The molecule has 0 bridgehead atoms. The van der Waals surface area contributed by atoms with Gasteiger partial charge in [-0.05, 0) is 48.6 Å². The molecule has 1 atom stereocenters. The van der Waals surface area contributed by atoms with Gasteiger partial charge in [0.1, 0.15) is 0 Å². The van der Waals surface area contributed by atoms with Crippen LogP contribution in [0.2, 0.25) is 0 Å². The van der Waals surface area contributed by atoms with Crippen LogP contribution >= 0.6 is 15.9 Å². The molecule has 0 saturated carbocycles. The molecule has 0 saturated heterocycles. The molecule has 2 rings (SSSR count). The monoisotopic (exact) mass is 318 g/mol. The lowest BCUT2D eigenvalue weighted by Gasteiger charge is -2.17. The number of hydrogen-bond donors (Lipinski definition) is 2. The summed E-state index contributed by atoms with van der Waals surface area (Å²) in [6, 6.07) is 17.1. The molecule has 100 valence electrons. The van der Waals surface area contributed by atoms with Gasteiger partial charge in [0.05, 0.1) is 0 Å². The normalized spacial score (nSPS) is 12.4. The van der Waals surface area contributed by atoms with Crippen LogP contribution in [0.3, 0.4) is 0 Å². The maximum atomic E-state index is 5.69. The summed E-state index contributed by atoms with van der Waals surface area (Å²) < 4.78 is 1.11. The highest BCUT2D eigenvalue weighted by atomic mass is 79.9. The number of hydrazine groups is 1. The van der Waals surface area contributed by atoms with Gasteiger partial charge in [0.15, 0.2) is 0 Å². The Balaban J connectivity index is 2.07. The summed E-state index contributed by atoms with van der Waals surface area (Å²) in [7, 11) is 0. The second kappa shape index (κ2) is 6.85. The van der Waals surface area contributed by atoms with E-state index in [0.717, 1.165) is 17.3 Å². The van der Waals surface area contributed by atoms with E-state index in [1.54, 1.807) is 0 Å². The molecule has 1 unspecified atom stereocenters. The highest BCUT2D eigenvalue weighted by Crippen LogP contribution is 2.15. The van der Waals surface area contributed by atoms with Gasteiger partial charge in [0.25, 0.3) is 0 Å². The van der Waals surface area contributed by atoms with E-state index < -0.39 is 0 Å². The van der Waals surface area contributed by atoms with Gasteiger partial charge in [-0.15, -0.1) is 0 Å². The van der Waals surface area contributed by atoms with E-state index in [1.807, 2.05) is 6.07 Å². The van der Waals surface area contributed by atoms with Gasteiger partial charge in [0, 0.05) is 10.5 Å².